The normalized spacial score (nSPS) is 20.8. The van der Waals surface area contributed by atoms with E-state index in [1.165, 1.54) is 36.4 Å². The minimum Gasteiger partial charge on any atom is -0.377 e. The lowest BCUT2D eigenvalue weighted by molar-refractivity contribution is -0.0890. The van der Waals surface area contributed by atoms with Gasteiger partial charge in [-0.1, -0.05) is 35.9 Å². The van der Waals surface area contributed by atoms with Crippen LogP contribution < -0.4 is 15.5 Å². The van der Waals surface area contributed by atoms with E-state index >= 15 is 0 Å². The van der Waals surface area contributed by atoms with E-state index in [-0.39, 0.29) is 27.5 Å². The molecule has 3 amide bonds. The number of amides is 3. The van der Waals surface area contributed by atoms with Crippen LogP contribution in [0.5, 0.6) is 0 Å². The molecular weight excluding hydrogens is 471 g/mol. The summed E-state index contributed by atoms with van der Waals surface area (Å²) < 4.78 is 41.3. The zero-order valence-corrected chi connectivity index (χ0v) is 18.1. The number of aliphatic hydroxyl groups is 1. The second-order valence-corrected chi connectivity index (χ2v) is 8.50. The third kappa shape index (κ3) is 3.39. The van der Waals surface area contributed by atoms with Crippen molar-refractivity contribution < 1.29 is 27.9 Å². The number of benzene rings is 3. The van der Waals surface area contributed by atoms with Crippen LogP contribution >= 0.6 is 11.6 Å². The summed E-state index contributed by atoms with van der Waals surface area (Å²) in [6.07, 6.45) is -3.12. The number of carbonyl (C=O) groups is 2. The molecule has 2 aliphatic rings. The van der Waals surface area contributed by atoms with Gasteiger partial charge in [-0.2, -0.15) is 0 Å². The molecule has 0 fully saturated rings. The number of urea groups is 1. The van der Waals surface area contributed by atoms with Gasteiger partial charge in [0.15, 0.2) is 5.60 Å². The lowest BCUT2D eigenvalue weighted by Crippen LogP contribution is -2.43. The minimum atomic E-state index is -3.12. The van der Waals surface area contributed by atoms with Crippen molar-refractivity contribution in [2.45, 2.75) is 18.1 Å². The average Bonchev–Trinajstić information content (AvgIpc) is 3.32. The summed E-state index contributed by atoms with van der Waals surface area (Å²) in [5.74, 6) is -0.987. The number of alkyl halides is 2. The number of hydrogen-bond donors (Lipinski definition) is 3. The topological polar surface area (TPSA) is 81.7 Å². The monoisotopic (exact) mass is 487 g/mol. The number of para-hydroxylation sites is 1. The van der Waals surface area contributed by atoms with Gasteiger partial charge >= 0.3 is 6.03 Å². The summed E-state index contributed by atoms with van der Waals surface area (Å²) >= 11 is 6.26. The number of nitrogens with zero attached hydrogens (tertiary/aromatic N) is 1. The van der Waals surface area contributed by atoms with Gasteiger partial charge in [0.05, 0.1) is 18.3 Å². The summed E-state index contributed by atoms with van der Waals surface area (Å²) in [6.45, 7) is -0.652. The molecule has 0 saturated heterocycles. The highest BCUT2D eigenvalue weighted by Gasteiger charge is 2.50. The fourth-order valence-electron chi connectivity index (χ4n) is 4.47. The summed E-state index contributed by atoms with van der Waals surface area (Å²) in [5, 5.41) is 16.2. The van der Waals surface area contributed by atoms with Crippen LogP contribution in [0, 0.1) is 5.82 Å². The molecule has 174 valence electrons. The first kappa shape index (κ1) is 22.2. The lowest BCUT2D eigenvalue weighted by Gasteiger charge is -2.24. The first-order chi connectivity index (χ1) is 16.2. The maximum atomic E-state index is 13.9. The number of fused-ring (bicyclic) bond motifs is 2. The van der Waals surface area contributed by atoms with Crippen LogP contribution in [0.25, 0.3) is 0 Å². The predicted octanol–water partition coefficient (Wildman–Crippen LogP) is 4.82. The Morgan fingerprint density at radius 1 is 1.18 bits per heavy atom. The number of anilines is 2. The predicted molar refractivity (Wildman–Crippen MR) is 120 cm³/mol. The Morgan fingerprint density at radius 3 is 2.71 bits per heavy atom. The van der Waals surface area contributed by atoms with Crippen molar-refractivity contribution in [3.8, 4) is 0 Å². The quantitative estimate of drug-likeness (QED) is 0.495. The first-order valence-electron chi connectivity index (χ1n) is 10.3. The maximum Gasteiger partial charge on any atom is 0.326 e. The first-order valence-corrected chi connectivity index (χ1v) is 10.7. The van der Waals surface area contributed by atoms with E-state index in [9.17, 15) is 27.9 Å². The number of hydrogen-bond acceptors (Lipinski definition) is 3. The van der Waals surface area contributed by atoms with E-state index in [0.29, 0.717) is 11.1 Å². The molecule has 10 heteroatoms. The summed E-state index contributed by atoms with van der Waals surface area (Å²) in [6, 6.07) is 12.7. The molecule has 2 atom stereocenters. The molecule has 0 spiro atoms. The smallest absolute Gasteiger partial charge is 0.326 e. The summed E-state index contributed by atoms with van der Waals surface area (Å²) in [4.78, 5) is 26.8. The fourth-order valence-corrected chi connectivity index (χ4v) is 4.70. The molecule has 5 rings (SSSR count). The van der Waals surface area contributed by atoms with Crippen LogP contribution in [0.15, 0.2) is 60.7 Å². The van der Waals surface area contributed by atoms with Gasteiger partial charge in [-0.15, -0.1) is 0 Å². The van der Waals surface area contributed by atoms with Crippen LogP contribution in [-0.2, 0) is 5.60 Å². The zero-order valence-electron chi connectivity index (χ0n) is 17.4. The molecule has 3 aromatic rings. The highest BCUT2D eigenvalue weighted by atomic mass is 35.5. The van der Waals surface area contributed by atoms with Gasteiger partial charge in [-0.3, -0.25) is 9.69 Å². The highest BCUT2D eigenvalue weighted by molar-refractivity contribution is 6.31. The van der Waals surface area contributed by atoms with Gasteiger partial charge < -0.3 is 15.7 Å². The van der Waals surface area contributed by atoms with Gasteiger partial charge in [-0.05, 0) is 36.4 Å². The van der Waals surface area contributed by atoms with Crippen molar-refractivity contribution in [1.82, 2.24) is 5.32 Å². The van der Waals surface area contributed by atoms with Crippen LogP contribution in [0.3, 0.4) is 0 Å². The number of β-amino-alcohol motifs (C(OH)–C–C–N with tert-alkyl or cyclic N) is 1. The van der Waals surface area contributed by atoms with Gasteiger partial charge in [-0.25, -0.2) is 18.0 Å². The van der Waals surface area contributed by atoms with Crippen LogP contribution in [0.1, 0.15) is 33.1 Å². The standard InChI is InChI=1S/C24H17ClF3N3O3/c25-16-9-8-12(26)10-14(16)20-19-13(21(32)30-20)4-3-6-17(19)29-23(33)31-11-24(34,22(27)28)15-5-1-2-7-18(15)31/h1-10,20,22,34H,11H2,(H,29,33)(H,30,32)/t20-,24-/m0/s1. The molecule has 3 aromatic carbocycles. The summed E-state index contributed by atoms with van der Waals surface area (Å²) in [7, 11) is 0. The van der Waals surface area contributed by atoms with Gasteiger partial charge in [0.2, 0.25) is 0 Å². The van der Waals surface area contributed by atoms with Gasteiger partial charge in [0.25, 0.3) is 12.3 Å². The number of halogens is 4. The molecule has 0 bridgehead atoms. The Bertz CT molecular complexity index is 1340. The molecule has 0 saturated carbocycles. The number of rotatable bonds is 3. The van der Waals surface area contributed by atoms with E-state index in [4.69, 9.17) is 11.6 Å². The largest absolute Gasteiger partial charge is 0.377 e. The molecule has 0 aliphatic carbocycles. The minimum absolute atomic E-state index is 0.0558. The number of nitrogens with one attached hydrogen (secondary N) is 2. The second kappa shape index (κ2) is 8.03. The molecule has 6 nitrogen and oxygen atoms in total. The Labute approximate surface area is 197 Å². The zero-order chi connectivity index (χ0) is 24.2. The molecule has 3 N–H and O–H groups in total. The molecule has 2 heterocycles. The van der Waals surface area contributed by atoms with Crippen molar-refractivity contribution >= 4 is 34.9 Å². The SMILES string of the molecule is O=C1N[C@@H](c2cc(F)ccc2Cl)c2c(NC(=O)N3C[C@@](O)(C(F)F)c4ccccc43)cccc21. The van der Waals surface area contributed by atoms with Gasteiger partial charge in [0.1, 0.15) is 5.82 Å². The third-order valence-electron chi connectivity index (χ3n) is 6.09. The van der Waals surface area contributed by atoms with E-state index < -0.39 is 42.4 Å². The number of carbonyl (C=O) groups excluding carboxylic acids is 2. The van der Waals surface area contributed by atoms with Crippen LogP contribution in [0.2, 0.25) is 5.02 Å². The third-order valence-corrected chi connectivity index (χ3v) is 6.44. The molecule has 0 radical (unpaired) electrons. The van der Waals surface area contributed by atoms with Crippen LogP contribution in [0.4, 0.5) is 29.3 Å². The van der Waals surface area contributed by atoms with Crippen molar-refractivity contribution in [3.63, 3.8) is 0 Å². The Balaban J connectivity index is 1.52. The van der Waals surface area contributed by atoms with Crippen molar-refractivity contribution in [2.75, 3.05) is 16.8 Å². The Morgan fingerprint density at radius 2 is 1.94 bits per heavy atom. The molecule has 0 unspecified atom stereocenters. The second-order valence-electron chi connectivity index (χ2n) is 8.10. The van der Waals surface area contributed by atoms with E-state index in [1.807, 2.05) is 0 Å². The highest BCUT2D eigenvalue weighted by Crippen LogP contribution is 2.44. The van der Waals surface area contributed by atoms with Crippen molar-refractivity contribution in [3.05, 3.63) is 93.8 Å². The van der Waals surface area contributed by atoms with Crippen molar-refractivity contribution in [2.24, 2.45) is 0 Å². The lowest BCUT2D eigenvalue weighted by atomic mass is 9.96. The molecule has 34 heavy (non-hydrogen) atoms. The summed E-state index contributed by atoms with van der Waals surface area (Å²) in [5.41, 5.74) is -1.28. The van der Waals surface area contributed by atoms with E-state index in [0.717, 1.165) is 4.90 Å². The molecular formula is C24H17ClF3N3O3. The Hall–Kier alpha value is -3.56. The Kier molecular flexibility index (Phi) is 5.26. The molecule has 0 aromatic heterocycles. The fraction of sp³-hybridized carbons (Fsp3) is 0.167. The molecule has 2 aliphatic heterocycles. The van der Waals surface area contributed by atoms with Crippen LogP contribution in [-0.4, -0.2) is 30.0 Å². The average molecular weight is 488 g/mol. The van der Waals surface area contributed by atoms with E-state index in [1.54, 1.807) is 24.3 Å². The van der Waals surface area contributed by atoms with E-state index in [2.05, 4.69) is 10.6 Å². The van der Waals surface area contributed by atoms with Crippen molar-refractivity contribution in [1.29, 1.82) is 0 Å². The van der Waals surface area contributed by atoms with Gasteiger partial charge in [0, 0.05) is 33.0 Å². The maximum absolute atomic E-state index is 13.9.